The Kier molecular flexibility index (Phi) is 2.57. The molecule has 0 spiro atoms. The van der Waals surface area contributed by atoms with Crippen LogP contribution in [0.2, 0.25) is 0 Å². The fourth-order valence-corrected chi connectivity index (χ4v) is 3.25. The first-order chi connectivity index (χ1) is 9.81. The Bertz CT molecular complexity index is 822. The highest BCUT2D eigenvalue weighted by Gasteiger charge is 2.16. The van der Waals surface area contributed by atoms with Crippen LogP contribution in [0.4, 0.5) is 0 Å². The van der Waals surface area contributed by atoms with Crippen molar-refractivity contribution in [3.63, 3.8) is 0 Å². The van der Waals surface area contributed by atoms with Gasteiger partial charge in [-0.25, -0.2) is 0 Å². The van der Waals surface area contributed by atoms with Crippen molar-refractivity contribution in [3.05, 3.63) is 58.6 Å². The maximum atomic E-state index is 12.5. The normalized spacial score (nSPS) is 13.2. The van der Waals surface area contributed by atoms with E-state index in [-0.39, 0.29) is 5.78 Å². The second kappa shape index (κ2) is 4.42. The molecule has 1 aliphatic heterocycles. The largest absolute Gasteiger partial charge is 0.493 e. The fraction of sp³-hybridized carbons (Fsp3) is 0.125. The van der Waals surface area contributed by atoms with E-state index < -0.39 is 0 Å². The van der Waals surface area contributed by atoms with Crippen molar-refractivity contribution in [2.45, 2.75) is 6.42 Å². The Morgan fingerprint density at radius 2 is 2.15 bits per heavy atom. The number of carbonyl (C=O) groups is 1. The van der Waals surface area contributed by atoms with Crippen LogP contribution >= 0.6 is 11.3 Å². The summed E-state index contributed by atoms with van der Waals surface area (Å²) < 4.78 is 6.51. The molecule has 0 atom stereocenters. The molecule has 0 aliphatic carbocycles. The second-order valence-electron chi connectivity index (χ2n) is 4.78. The van der Waals surface area contributed by atoms with E-state index in [0.717, 1.165) is 28.0 Å². The Morgan fingerprint density at radius 3 is 3.10 bits per heavy atom. The fourth-order valence-electron chi connectivity index (χ4n) is 2.47. The van der Waals surface area contributed by atoms with Crippen LogP contribution in [0.25, 0.3) is 10.2 Å². The zero-order valence-electron chi connectivity index (χ0n) is 10.6. The molecule has 0 saturated carbocycles. The van der Waals surface area contributed by atoms with Crippen molar-refractivity contribution in [1.29, 1.82) is 0 Å². The zero-order chi connectivity index (χ0) is 13.5. The van der Waals surface area contributed by atoms with E-state index in [1.807, 2.05) is 35.7 Å². The minimum atomic E-state index is 0.0162. The maximum absolute atomic E-state index is 12.5. The first kappa shape index (κ1) is 11.6. The number of aromatic nitrogens is 1. The third-order valence-corrected chi connectivity index (χ3v) is 4.37. The van der Waals surface area contributed by atoms with Crippen molar-refractivity contribution in [2.75, 3.05) is 6.61 Å². The second-order valence-corrected chi connectivity index (χ2v) is 5.73. The van der Waals surface area contributed by atoms with Crippen LogP contribution in [0, 0.1) is 0 Å². The van der Waals surface area contributed by atoms with Crippen LogP contribution < -0.4 is 4.74 Å². The summed E-state index contributed by atoms with van der Waals surface area (Å²) in [5.41, 5.74) is 3.39. The molecule has 0 amide bonds. The molecular weight excluding hydrogens is 270 g/mol. The van der Waals surface area contributed by atoms with Gasteiger partial charge in [0.1, 0.15) is 5.75 Å². The molecule has 0 N–H and O–H groups in total. The number of benzene rings is 1. The Labute approximate surface area is 119 Å². The minimum absolute atomic E-state index is 0.0162. The van der Waals surface area contributed by atoms with Gasteiger partial charge in [-0.05, 0) is 41.3 Å². The molecule has 98 valence electrons. The molecule has 0 unspecified atom stereocenters. The van der Waals surface area contributed by atoms with E-state index in [9.17, 15) is 4.79 Å². The lowest BCUT2D eigenvalue weighted by Gasteiger charge is -2.04. The van der Waals surface area contributed by atoms with E-state index in [0.29, 0.717) is 17.7 Å². The van der Waals surface area contributed by atoms with Crippen molar-refractivity contribution in [3.8, 4) is 5.75 Å². The number of ketones is 1. The van der Waals surface area contributed by atoms with Crippen LogP contribution in [-0.2, 0) is 6.42 Å². The van der Waals surface area contributed by atoms with Crippen LogP contribution in [0.5, 0.6) is 5.75 Å². The molecule has 3 heterocycles. The van der Waals surface area contributed by atoms with Crippen molar-refractivity contribution in [1.82, 2.24) is 4.98 Å². The highest BCUT2D eigenvalue weighted by atomic mass is 32.1. The molecule has 0 fully saturated rings. The van der Waals surface area contributed by atoms with Crippen LogP contribution in [-0.4, -0.2) is 17.4 Å². The van der Waals surface area contributed by atoms with Gasteiger partial charge in [-0.1, -0.05) is 0 Å². The predicted molar refractivity (Wildman–Crippen MR) is 78.7 cm³/mol. The first-order valence-corrected chi connectivity index (χ1v) is 7.33. The number of thiophene rings is 1. The highest BCUT2D eigenvalue weighted by molar-refractivity contribution is 7.17. The molecule has 0 saturated heterocycles. The summed E-state index contributed by atoms with van der Waals surface area (Å²) in [6, 6.07) is 9.51. The van der Waals surface area contributed by atoms with Gasteiger partial charge in [0.15, 0.2) is 5.78 Å². The third-order valence-electron chi connectivity index (χ3n) is 3.52. The van der Waals surface area contributed by atoms with Crippen molar-refractivity contribution >= 4 is 27.3 Å². The molecule has 4 rings (SSSR count). The number of nitrogens with zero attached hydrogens (tertiary/aromatic N) is 1. The predicted octanol–water partition coefficient (Wildman–Crippen LogP) is 3.46. The van der Waals surface area contributed by atoms with E-state index in [1.165, 1.54) is 0 Å². The number of fused-ring (bicyclic) bond motifs is 2. The van der Waals surface area contributed by atoms with Gasteiger partial charge in [-0.3, -0.25) is 9.78 Å². The van der Waals surface area contributed by atoms with E-state index in [4.69, 9.17) is 4.74 Å². The van der Waals surface area contributed by atoms with Gasteiger partial charge >= 0.3 is 0 Å². The zero-order valence-corrected chi connectivity index (χ0v) is 11.4. The number of hydrogen-bond acceptors (Lipinski definition) is 4. The van der Waals surface area contributed by atoms with Gasteiger partial charge in [0.2, 0.25) is 0 Å². The lowest BCUT2D eigenvalue weighted by atomic mass is 10.0. The molecule has 3 nitrogen and oxygen atoms in total. The summed E-state index contributed by atoms with van der Waals surface area (Å²) in [6.45, 7) is 0.704. The first-order valence-electron chi connectivity index (χ1n) is 6.45. The van der Waals surface area contributed by atoms with Crippen LogP contribution in [0.1, 0.15) is 21.5 Å². The molecule has 2 aromatic heterocycles. The smallest absolute Gasteiger partial charge is 0.194 e. The van der Waals surface area contributed by atoms with Gasteiger partial charge in [-0.2, -0.15) is 0 Å². The lowest BCUT2D eigenvalue weighted by Crippen LogP contribution is -2.02. The molecule has 1 aromatic carbocycles. The number of pyridine rings is 1. The van der Waals surface area contributed by atoms with Crippen LogP contribution in [0.15, 0.2) is 41.9 Å². The standard InChI is InChI=1S/C16H11NO2S/c18-16(11-1-2-14-10(7-11)3-5-19-14)12-8-15-13(17-9-12)4-6-20-15/h1-2,4,6-9H,3,5H2. The minimum Gasteiger partial charge on any atom is -0.493 e. The monoisotopic (exact) mass is 281 g/mol. The number of hydrogen-bond donors (Lipinski definition) is 0. The summed E-state index contributed by atoms with van der Waals surface area (Å²) >= 11 is 1.60. The molecule has 20 heavy (non-hydrogen) atoms. The number of rotatable bonds is 2. The summed E-state index contributed by atoms with van der Waals surface area (Å²) in [5, 5.41) is 1.98. The number of carbonyl (C=O) groups excluding carboxylic acids is 1. The van der Waals surface area contributed by atoms with Gasteiger partial charge in [0.05, 0.1) is 16.8 Å². The Balaban J connectivity index is 1.75. The molecule has 0 bridgehead atoms. The third kappa shape index (κ3) is 1.80. The molecule has 4 heteroatoms. The van der Waals surface area contributed by atoms with Crippen molar-refractivity contribution in [2.24, 2.45) is 0 Å². The van der Waals surface area contributed by atoms with Gasteiger partial charge in [-0.15, -0.1) is 11.3 Å². The molecule has 1 aliphatic rings. The number of ether oxygens (including phenoxy) is 1. The molecule has 0 radical (unpaired) electrons. The van der Waals surface area contributed by atoms with Gasteiger partial charge in [0.25, 0.3) is 0 Å². The summed E-state index contributed by atoms with van der Waals surface area (Å²) in [6.07, 6.45) is 2.53. The van der Waals surface area contributed by atoms with E-state index >= 15 is 0 Å². The van der Waals surface area contributed by atoms with E-state index in [2.05, 4.69) is 4.98 Å². The van der Waals surface area contributed by atoms with E-state index in [1.54, 1.807) is 17.5 Å². The average molecular weight is 281 g/mol. The average Bonchev–Trinajstić information content (AvgIpc) is 3.13. The summed E-state index contributed by atoms with van der Waals surface area (Å²) in [5.74, 6) is 0.913. The highest BCUT2D eigenvalue weighted by Crippen LogP contribution is 2.27. The quantitative estimate of drug-likeness (QED) is 0.675. The van der Waals surface area contributed by atoms with Crippen LogP contribution in [0.3, 0.4) is 0 Å². The molecular formula is C16H11NO2S. The van der Waals surface area contributed by atoms with Crippen molar-refractivity contribution < 1.29 is 9.53 Å². The Morgan fingerprint density at radius 1 is 1.20 bits per heavy atom. The lowest BCUT2D eigenvalue weighted by molar-refractivity contribution is 0.103. The van der Waals surface area contributed by atoms with Gasteiger partial charge in [0, 0.05) is 23.7 Å². The topological polar surface area (TPSA) is 39.2 Å². The molecule has 3 aromatic rings. The summed E-state index contributed by atoms with van der Waals surface area (Å²) in [7, 11) is 0. The van der Waals surface area contributed by atoms with Gasteiger partial charge < -0.3 is 4.74 Å². The SMILES string of the molecule is O=C(c1ccc2c(c1)CCO2)c1cnc2ccsc2c1. The summed E-state index contributed by atoms with van der Waals surface area (Å²) in [4.78, 5) is 16.9. The maximum Gasteiger partial charge on any atom is 0.194 e. The Hall–Kier alpha value is -2.20.